The lowest BCUT2D eigenvalue weighted by molar-refractivity contribution is -0.140. The lowest BCUT2D eigenvalue weighted by Gasteiger charge is -2.37. The van der Waals surface area contributed by atoms with E-state index in [1.165, 1.54) is 6.20 Å². The third-order valence-electron chi connectivity index (χ3n) is 7.02. The summed E-state index contributed by atoms with van der Waals surface area (Å²) >= 11 is 1.59. The predicted molar refractivity (Wildman–Crippen MR) is 153 cm³/mol. The van der Waals surface area contributed by atoms with Crippen molar-refractivity contribution in [3.05, 3.63) is 47.9 Å². The molecular formula is C29H35F4N5OS. The summed E-state index contributed by atoms with van der Waals surface area (Å²) in [6, 6.07) is 9.14. The second kappa shape index (κ2) is 13.1. The van der Waals surface area contributed by atoms with Crippen molar-refractivity contribution in [1.29, 1.82) is 0 Å². The molecule has 1 aliphatic heterocycles. The average molecular weight is 578 g/mol. The Labute approximate surface area is 236 Å². The number of thioether (sulfide) groups is 1. The fourth-order valence-corrected chi connectivity index (χ4v) is 5.27. The molecule has 2 atom stereocenters. The number of piperidine rings is 1. The number of ether oxygens (including phenoxy) is 1. The van der Waals surface area contributed by atoms with E-state index in [1.807, 2.05) is 24.5 Å². The van der Waals surface area contributed by atoms with Crippen LogP contribution in [-0.4, -0.2) is 71.9 Å². The van der Waals surface area contributed by atoms with E-state index in [0.717, 1.165) is 21.7 Å². The lowest BCUT2D eigenvalue weighted by atomic mass is 10.0. The zero-order chi connectivity index (χ0) is 28.9. The van der Waals surface area contributed by atoms with Gasteiger partial charge in [0.1, 0.15) is 18.5 Å². The van der Waals surface area contributed by atoms with Crippen LogP contribution in [-0.2, 0) is 13.1 Å². The number of alkyl halides is 4. The standard InChI is InChI=1S/C29H35F4N5OS/c1-19(2)37-11-9-25(24(30)17-37)36-15-21-12-20-13-22(38(18-29(31,32)33)27(20)16-35-21)6-5-10-34-26-8-7-23(40-4)14-28(26)39-3/h7-8,12-14,16,19,24-25,34,36H,9-11,15,17-18H2,1-4H3. The number of nitrogens with zero attached hydrogens (tertiary/aromatic N) is 3. The van der Waals surface area contributed by atoms with Gasteiger partial charge in [0.15, 0.2) is 0 Å². The molecule has 40 heavy (non-hydrogen) atoms. The van der Waals surface area contributed by atoms with Gasteiger partial charge in [-0.05, 0) is 62.8 Å². The summed E-state index contributed by atoms with van der Waals surface area (Å²) < 4.78 is 61.6. The maximum absolute atomic E-state index is 14.7. The quantitative estimate of drug-likeness (QED) is 0.193. The van der Waals surface area contributed by atoms with Crippen LogP contribution in [0.3, 0.4) is 0 Å². The van der Waals surface area contributed by atoms with Crippen molar-refractivity contribution < 1.29 is 22.3 Å². The molecule has 1 aliphatic rings. The maximum atomic E-state index is 14.7. The first-order valence-corrected chi connectivity index (χ1v) is 14.4. The van der Waals surface area contributed by atoms with Gasteiger partial charge in [-0.25, -0.2) is 4.39 Å². The molecule has 11 heteroatoms. The molecule has 3 aromatic rings. The number of pyridine rings is 1. The van der Waals surface area contributed by atoms with Crippen LogP contribution < -0.4 is 15.4 Å². The van der Waals surface area contributed by atoms with Crippen molar-refractivity contribution in [3.8, 4) is 17.6 Å². The minimum atomic E-state index is -4.42. The summed E-state index contributed by atoms with van der Waals surface area (Å²) in [7, 11) is 1.58. The maximum Gasteiger partial charge on any atom is 0.406 e. The fraction of sp³-hybridized carbons (Fsp3) is 0.483. The first-order chi connectivity index (χ1) is 19.1. The SMILES string of the molecule is COc1cc(SC)ccc1NCC#Cc1cc2cc(CNC3CCN(C(C)C)CC3F)ncc2n1CC(F)(F)F. The first kappa shape index (κ1) is 30.0. The monoisotopic (exact) mass is 577 g/mol. The van der Waals surface area contributed by atoms with Crippen molar-refractivity contribution in [2.75, 3.05) is 38.3 Å². The first-order valence-electron chi connectivity index (χ1n) is 13.2. The van der Waals surface area contributed by atoms with E-state index >= 15 is 0 Å². The van der Waals surface area contributed by atoms with E-state index in [9.17, 15) is 17.6 Å². The van der Waals surface area contributed by atoms with Crippen LogP contribution in [0.4, 0.5) is 23.2 Å². The topological polar surface area (TPSA) is 54.4 Å². The van der Waals surface area contributed by atoms with E-state index < -0.39 is 18.9 Å². The summed E-state index contributed by atoms with van der Waals surface area (Å²) in [5, 5.41) is 7.02. The number of rotatable bonds is 9. The normalized spacial score (nSPS) is 18.1. The van der Waals surface area contributed by atoms with Crippen LogP contribution in [0.1, 0.15) is 31.7 Å². The molecule has 3 heterocycles. The molecule has 4 rings (SSSR count). The van der Waals surface area contributed by atoms with Crippen molar-refractivity contribution in [2.24, 2.45) is 0 Å². The number of hydrogen-bond donors (Lipinski definition) is 2. The molecule has 1 aromatic carbocycles. The molecular weight excluding hydrogens is 542 g/mol. The highest BCUT2D eigenvalue weighted by molar-refractivity contribution is 7.98. The van der Waals surface area contributed by atoms with Gasteiger partial charge in [0.05, 0.1) is 42.4 Å². The van der Waals surface area contributed by atoms with E-state index in [-0.39, 0.29) is 18.3 Å². The summed E-state index contributed by atoms with van der Waals surface area (Å²) in [5.41, 5.74) is 1.98. The molecule has 2 aromatic heterocycles. The Balaban J connectivity index is 1.48. The number of benzene rings is 1. The van der Waals surface area contributed by atoms with Crippen LogP contribution >= 0.6 is 11.8 Å². The highest BCUT2D eigenvalue weighted by Crippen LogP contribution is 2.29. The lowest BCUT2D eigenvalue weighted by Crippen LogP contribution is -2.52. The number of methoxy groups -OCH3 is 1. The number of hydrogen-bond acceptors (Lipinski definition) is 6. The van der Waals surface area contributed by atoms with Gasteiger partial charge in [-0.15, -0.1) is 11.8 Å². The Morgan fingerprint density at radius 2 is 2.02 bits per heavy atom. The van der Waals surface area contributed by atoms with Gasteiger partial charge in [-0.2, -0.15) is 13.2 Å². The highest BCUT2D eigenvalue weighted by Gasteiger charge is 2.31. The summed E-state index contributed by atoms with van der Waals surface area (Å²) in [6.45, 7) is 4.69. The zero-order valence-electron chi connectivity index (χ0n) is 23.1. The van der Waals surface area contributed by atoms with Gasteiger partial charge in [0.2, 0.25) is 0 Å². The van der Waals surface area contributed by atoms with Crippen LogP contribution in [0.5, 0.6) is 5.75 Å². The number of aromatic nitrogens is 2. The molecule has 2 N–H and O–H groups in total. The third-order valence-corrected chi connectivity index (χ3v) is 7.75. The number of likely N-dealkylation sites (tertiary alicyclic amines) is 1. The fourth-order valence-electron chi connectivity index (χ4n) is 4.84. The molecule has 0 bridgehead atoms. The van der Waals surface area contributed by atoms with Crippen molar-refractivity contribution in [1.82, 2.24) is 19.8 Å². The second-order valence-corrected chi connectivity index (χ2v) is 10.9. The number of anilines is 1. The Kier molecular flexibility index (Phi) is 9.87. The summed E-state index contributed by atoms with van der Waals surface area (Å²) in [5.74, 6) is 6.48. The molecule has 6 nitrogen and oxygen atoms in total. The minimum Gasteiger partial charge on any atom is -0.495 e. The molecule has 0 saturated carbocycles. The van der Waals surface area contributed by atoms with Crippen LogP contribution in [0.15, 0.2) is 41.4 Å². The van der Waals surface area contributed by atoms with Gasteiger partial charge in [-0.3, -0.25) is 9.88 Å². The van der Waals surface area contributed by atoms with E-state index in [0.29, 0.717) is 47.9 Å². The van der Waals surface area contributed by atoms with Crippen molar-refractivity contribution in [3.63, 3.8) is 0 Å². The van der Waals surface area contributed by atoms with Crippen LogP contribution in [0.25, 0.3) is 10.9 Å². The predicted octanol–water partition coefficient (Wildman–Crippen LogP) is 5.70. The van der Waals surface area contributed by atoms with Gasteiger partial charge < -0.3 is 19.9 Å². The Hall–Kier alpha value is -2.94. The van der Waals surface area contributed by atoms with E-state index in [2.05, 4.69) is 46.2 Å². The van der Waals surface area contributed by atoms with Crippen molar-refractivity contribution in [2.45, 2.75) is 62.7 Å². The molecule has 0 aliphatic carbocycles. The molecule has 0 radical (unpaired) electrons. The molecule has 216 valence electrons. The van der Waals surface area contributed by atoms with E-state index in [1.54, 1.807) is 31.0 Å². The van der Waals surface area contributed by atoms with Gasteiger partial charge >= 0.3 is 6.18 Å². The van der Waals surface area contributed by atoms with Gasteiger partial charge in [0, 0.05) is 42.0 Å². The molecule has 0 amide bonds. The van der Waals surface area contributed by atoms with Gasteiger partial charge in [0.25, 0.3) is 0 Å². The van der Waals surface area contributed by atoms with Crippen LogP contribution in [0.2, 0.25) is 0 Å². The largest absolute Gasteiger partial charge is 0.495 e. The van der Waals surface area contributed by atoms with Crippen molar-refractivity contribution >= 4 is 28.4 Å². The second-order valence-electron chi connectivity index (χ2n) is 10.1. The molecule has 1 saturated heterocycles. The number of fused-ring (bicyclic) bond motifs is 1. The third kappa shape index (κ3) is 7.62. The summed E-state index contributed by atoms with van der Waals surface area (Å²) in [6.07, 6.45) is -1.32. The number of halogens is 4. The molecule has 1 fully saturated rings. The van der Waals surface area contributed by atoms with Crippen LogP contribution in [0, 0.1) is 11.8 Å². The zero-order valence-corrected chi connectivity index (χ0v) is 23.9. The number of nitrogens with one attached hydrogen (secondary N) is 2. The van der Waals surface area contributed by atoms with Gasteiger partial charge in [-0.1, -0.05) is 5.92 Å². The Morgan fingerprint density at radius 3 is 2.70 bits per heavy atom. The smallest absolute Gasteiger partial charge is 0.406 e. The Morgan fingerprint density at radius 1 is 1.23 bits per heavy atom. The Bertz CT molecular complexity index is 1360. The molecule has 2 unspecified atom stereocenters. The summed E-state index contributed by atoms with van der Waals surface area (Å²) in [4.78, 5) is 7.54. The van der Waals surface area contributed by atoms with E-state index in [4.69, 9.17) is 4.74 Å². The average Bonchev–Trinajstić information content (AvgIpc) is 3.25. The minimum absolute atomic E-state index is 0.218. The highest BCUT2D eigenvalue weighted by atomic mass is 32.2. The molecule has 0 spiro atoms.